The van der Waals surface area contributed by atoms with Crippen LogP contribution in [0.4, 0.5) is 27.6 Å². The Labute approximate surface area is 187 Å². The van der Waals surface area contributed by atoms with Gasteiger partial charge in [0.05, 0.1) is 22.5 Å². The number of hydrogen-bond acceptors (Lipinski definition) is 6. The molecule has 4 N–H and O–H groups in total. The monoisotopic (exact) mass is 472 g/mol. The van der Waals surface area contributed by atoms with Crippen molar-refractivity contribution in [1.82, 2.24) is 20.5 Å². The molecule has 7 nitrogen and oxygen atoms in total. The Morgan fingerprint density at radius 1 is 1.27 bits per heavy atom. The van der Waals surface area contributed by atoms with Gasteiger partial charge in [-0.05, 0) is 38.6 Å². The number of ether oxygens (including phenoxy) is 1. The molecule has 2 aliphatic heterocycles. The highest BCUT2D eigenvalue weighted by Gasteiger charge is 2.40. The zero-order valence-electron chi connectivity index (χ0n) is 18.1. The molecule has 12 heteroatoms. The van der Waals surface area contributed by atoms with Crippen LogP contribution < -0.4 is 20.7 Å². The number of H-pyrrole nitrogens is 1. The van der Waals surface area contributed by atoms with E-state index >= 15 is 0 Å². The van der Waals surface area contributed by atoms with E-state index in [0.717, 1.165) is 32.1 Å². The third-order valence-electron chi connectivity index (χ3n) is 5.76. The second-order valence-electron chi connectivity index (χ2n) is 8.07. The minimum atomic E-state index is -4.67. The SMILES string of the molecule is CNc1ccc2c(C3=NC(N[C@H]4CCCN(C)C4)NC=C3C(F)(F)F)c[nH]c2c1OC(F)F. The third kappa shape index (κ3) is 4.91. The fourth-order valence-electron chi connectivity index (χ4n) is 4.29. The largest absolute Gasteiger partial charge is 0.430 e. The molecule has 1 aromatic heterocycles. The summed E-state index contributed by atoms with van der Waals surface area (Å²) < 4.78 is 72.1. The lowest BCUT2D eigenvalue weighted by Gasteiger charge is -2.33. The van der Waals surface area contributed by atoms with Gasteiger partial charge in [0.2, 0.25) is 0 Å². The molecule has 2 aliphatic rings. The second-order valence-corrected chi connectivity index (χ2v) is 8.07. The molecule has 0 radical (unpaired) electrons. The van der Waals surface area contributed by atoms with Crippen molar-refractivity contribution < 1.29 is 26.7 Å². The van der Waals surface area contributed by atoms with Crippen molar-refractivity contribution >= 4 is 22.3 Å². The van der Waals surface area contributed by atoms with Gasteiger partial charge in [-0.1, -0.05) is 0 Å². The number of piperidine rings is 1. The molecule has 1 fully saturated rings. The van der Waals surface area contributed by atoms with Crippen molar-refractivity contribution in [1.29, 1.82) is 0 Å². The molecule has 0 aliphatic carbocycles. The Balaban J connectivity index is 1.74. The molecule has 0 bridgehead atoms. The van der Waals surface area contributed by atoms with Crippen molar-refractivity contribution in [2.75, 3.05) is 32.5 Å². The predicted octanol–water partition coefficient (Wildman–Crippen LogP) is 3.62. The van der Waals surface area contributed by atoms with E-state index in [1.807, 2.05) is 7.05 Å². The molecule has 2 atom stereocenters. The van der Waals surface area contributed by atoms with Gasteiger partial charge in [-0.15, -0.1) is 0 Å². The number of allylic oxidation sites excluding steroid dienone is 1. The van der Waals surface area contributed by atoms with E-state index in [4.69, 9.17) is 0 Å². The molecule has 4 rings (SSSR count). The van der Waals surface area contributed by atoms with Gasteiger partial charge in [0, 0.05) is 43.0 Å². The number of benzene rings is 1. The molecule has 3 heterocycles. The van der Waals surface area contributed by atoms with Gasteiger partial charge >= 0.3 is 12.8 Å². The average molecular weight is 472 g/mol. The van der Waals surface area contributed by atoms with Gasteiger partial charge < -0.3 is 25.3 Å². The number of aliphatic imine (C=N–C) groups is 1. The number of nitrogens with zero attached hydrogens (tertiary/aromatic N) is 2. The highest BCUT2D eigenvalue weighted by atomic mass is 19.4. The first-order valence-corrected chi connectivity index (χ1v) is 10.5. The summed E-state index contributed by atoms with van der Waals surface area (Å²) >= 11 is 0. The predicted molar refractivity (Wildman–Crippen MR) is 116 cm³/mol. The van der Waals surface area contributed by atoms with Crippen LogP contribution in [0.5, 0.6) is 5.75 Å². The van der Waals surface area contributed by atoms with Gasteiger partial charge in [0.1, 0.15) is 0 Å². The van der Waals surface area contributed by atoms with Crippen LogP contribution in [-0.2, 0) is 0 Å². The second kappa shape index (κ2) is 9.18. The lowest BCUT2D eigenvalue weighted by atomic mass is 10.00. The van der Waals surface area contributed by atoms with E-state index in [-0.39, 0.29) is 39.7 Å². The standard InChI is InChI=1S/C21H25F5N6O/c1-27-15-6-5-12-13(8-28-17(12)18(15)33-19(22)23)16-14(21(24,25)26)9-29-20(31-16)30-11-4-3-7-32(2)10-11/h5-6,8-9,11,19-20,27-30H,3-4,7,10H2,1-2H3/t11-,20?/m0/s1. The minimum absolute atomic E-state index is 0.0688. The molecule has 0 saturated carbocycles. The number of rotatable bonds is 6. The Kier molecular flexibility index (Phi) is 6.48. The first-order chi connectivity index (χ1) is 15.7. The molecular weight excluding hydrogens is 447 g/mol. The van der Waals surface area contributed by atoms with Gasteiger partial charge in [0.15, 0.2) is 12.0 Å². The van der Waals surface area contributed by atoms with Crippen LogP contribution in [0.25, 0.3) is 10.9 Å². The number of halogens is 5. The molecular formula is C21H25F5N6O. The zero-order chi connectivity index (χ0) is 23.8. The molecule has 1 aromatic carbocycles. The molecule has 1 unspecified atom stereocenters. The maximum Gasteiger partial charge on any atom is 0.419 e. The van der Waals surface area contributed by atoms with Crippen molar-refractivity contribution in [3.8, 4) is 5.75 Å². The van der Waals surface area contributed by atoms with E-state index < -0.39 is 24.7 Å². The number of aromatic amines is 1. The third-order valence-corrected chi connectivity index (χ3v) is 5.76. The molecule has 0 amide bonds. The Hall–Kier alpha value is -2.86. The molecule has 2 aromatic rings. The maximum atomic E-state index is 13.8. The van der Waals surface area contributed by atoms with Crippen molar-refractivity contribution in [2.45, 2.75) is 38.0 Å². The number of aromatic nitrogens is 1. The summed E-state index contributed by atoms with van der Waals surface area (Å²) in [4.78, 5) is 9.27. The first-order valence-electron chi connectivity index (χ1n) is 10.5. The number of anilines is 1. The summed E-state index contributed by atoms with van der Waals surface area (Å²) in [6, 6.07) is 3.09. The van der Waals surface area contributed by atoms with E-state index in [1.165, 1.54) is 19.3 Å². The fraction of sp³-hybridized carbons (Fsp3) is 0.476. The lowest BCUT2D eigenvalue weighted by molar-refractivity contribution is -0.0867. The van der Waals surface area contributed by atoms with Gasteiger partial charge in [-0.25, -0.2) is 4.99 Å². The first kappa shape index (κ1) is 23.3. The summed E-state index contributed by atoms with van der Waals surface area (Å²) in [5.74, 6) is -0.178. The van der Waals surface area contributed by atoms with Gasteiger partial charge in [-0.3, -0.25) is 5.32 Å². The highest BCUT2D eigenvalue weighted by molar-refractivity contribution is 6.21. The normalized spacial score (nSPS) is 22.2. The van der Waals surface area contributed by atoms with E-state index in [9.17, 15) is 22.0 Å². The van der Waals surface area contributed by atoms with Crippen LogP contribution in [0.3, 0.4) is 0 Å². The number of nitrogens with one attached hydrogen (secondary N) is 4. The number of likely N-dealkylation sites (tertiary alicyclic amines) is 1. The summed E-state index contributed by atoms with van der Waals surface area (Å²) in [6.45, 7) is -1.37. The number of alkyl halides is 5. The van der Waals surface area contributed by atoms with Crippen LogP contribution in [0, 0.1) is 0 Å². The van der Waals surface area contributed by atoms with Crippen molar-refractivity contribution in [3.05, 3.63) is 35.7 Å². The number of fused-ring (bicyclic) bond motifs is 1. The molecule has 180 valence electrons. The van der Waals surface area contributed by atoms with Crippen LogP contribution in [0.15, 0.2) is 35.1 Å². The van der Waals surface area contributed by atoms with E-state index in [1.54, 1.807) is 6.07 Å². The van der Waals surface area contributed by atoms with Crippen LogP contribution >= 0.6 is 0 Å². The quantitative estimate of drug-likeness (QED) is 0.484. The average Bonchev–Trinajstić information content (AvgIpc) is 3.17. The summed E-state index contributed by atoms with van der Waals surface area (Å²) in [5, 5.41) is 8.99. The zero-order valence-corrected chi connectivity index (χ0v) is 18.1. The van der Waals surface area contributed by atoms with Gasteiger partial charge in [0.25, 0.3) is 0 Å². The smallest absolute Gasteiger partial charge is 0.419 e. The summed E-state index contributed by atoms with van der Waals surface area (Å²) in [5.41, 5.74) is -0.663. The van der Waals surface area contributed by atoms with Gasteiger partial charge in [-0.2, -0.15) is 22.0 Å². The Morgan fingerprint density at radius 3 is 2.73 bits per heavy atom. The highest BCUT2D eigenvalue weighted by Crippen LogP contribution is 2.38. The summed E-state index contributed by atoms with van der Waals surface area (Å²) in [7, 11) is 3.52. The lowest BCUT2D eigenvalue weighted by Crippen LogP contribution is -2.52. The fourth-order valence-corrected chi connectivity index (χ4v) is 4.29. The topological polar surface area (TPSA) is 76.7 Å². The van der Waals surface area contributed by atoms with Crippen LogP contribution in [-0.4, -0.2) is 67.9 Å². The molecule has 1 saturated heterocycles. The van der Waals surface area contributed by atoms with Crippen molar-refractivity contribution in [3.63, 3.8) is 0 Å². The Bertz CT molecular complexity index is 1060. The number of hydrogen-bond donors (Lipinski definition) is 4. The van der Waals surface area contributed by atoms with E-state index in [0.29, 0.717) is 0 Å². The van der Waals surface area contributed by atoms with Crippen LogP contribution in [0.1, 0.15) is 18.4 Å². The van der Waals surface area contributed by atoms with Crippen LogP contribution in [0.2, 0.25) is 0 Å². The molecule has 33 heavy (non-hydrogen) atoms. The number of likely N-dealkylation sites (N-methyl/N-ethyl adjacent to an activating group) is 1. The minimum Gasteiger partial charge on any atom is -0.430 e. The molecule has 0 spiro atoms. The summed E-state index contributed by atoms with van der Waals surface area (Å²) in [6.07, 6.45) is -1.33. The Morgan fingerprint density at radius 2 is 2.06 bits per heavy atom. The van der Waals surface area contributed by atoms with Crippen molar-refractivity contribution in [2.24, 2.45) is 4.99 Å². The van der Waals surface area contributed by atoms with E-state index in [2.05, 4.69) is 35.6 Å². The maximum absolute atomic E-state index is 13.8.